The lowest BCUT2D eigenvalue weighted by atomic mass is 9.76. The summed E-state index contributed by atoms with van der Waals surface area (Å²) in [5.74, 6) is 0.530. The zero-order valence-electron chi connectivity index (χ0n) is 13.1. The number of hydrogen-bond donors (Lipinski definition) is 1. The van der Waals surface area contributed by atoms with E-state index in [4.69, 9.17) is 4.74 Å². The number of rotatable bonds is 2. The Morgan fingerprint density at radius 2 is 2.09 bits per heavy atom. The quantitative estimate of drug-likeness (QED) is 0.661. The van der Waals surface area contributed by atoms with Crippen LogP contribution in [0.3, 0.4) is 0 Å². The van der Waals surface area contributed by atoms with Crippen molar-refractivity contribution in [2.24, 2.45) is 11.8 Å². The van der Waals surface area contributed by atoms with Gasteiger partial charge >= 0.3 is 5.69 Å². The molecule has 3 rings (SSSR count). The zero-order chi connectivity index (χ0) is 16.1. The molecule has 0 spiro atoms. The summed E-state index contributed by atoms with van der Waals surface area (Å²) < 4.78 is 5.45. The number of piperidine rings is 1. The Morgan fingerprint density at radius 3 is 2.68 bits per heavy atom. The first kappa shape index (κ1) is 15.0. The molecule has 1 aromatic heterocycles. The Hall–Kier alpha value is -1.89. The highest BCUT2D eigenvalue weighted by Crippen LogP contribution is 2.43. The normalized spacial score (nSPS) is 30.8. The minimum absolute atomic E-state index is 0.0157. The van der Waals surface area contributed by atoms with Crippen molar-refractivity contribution in [3.8, 4) is 5.88 Å². The summed E-state index contributed by atoms with van der Waals surface area (Å²) in [7, 11) is 0. The number of hydrogen-bond acceptors (Lipinski definition) is 6. The van der Waals surface area contributed by atoms with Gasteiger partial charge in [-0.2, -0.15) is 0 Å². The third kappa shape index (κ3) is 2.20. The lowest BCUT2D eigenvalue weighted by Gasteiger charge is -2.46. The molecule has 120 valence electrons. The van der Waals surface area contributed by atoms with Gasteiger partial charge in [0.15, 0.2) is 0 Å². The van der Waals surface area contributed by atoms with E-state index in [-0.39, 0.29) is 22.4 Å². The zero-order valence-corrected chi connectivity index (χ0v) is 13.1. The molecule has 0 aromatic carbocycles. The van der Waals surface area contributed by atoms with Gasteiger partial charge in [-0.05, 0) is 6.92 Å². The van der Waals surface area contributed by atoms with E-state index in [1.54, 1.807) is 0 Å². The Kier molecular flexibility index (Phi) is 3.47. The van der Waals surface area contributed by atoms with E-state index in [0.29, 0.717) is 37.7 Å². The summed E-state index contributed by atoms with van der Waals surface area (Å²) in [5, 5.41) is 22.0. The van der Waals surface area contributed by atoms with Crippen molar-refractivity contribution in [3.63, 3.8) is 0 Å². The van der Waals surface area contributed by atoms with E-state index in [0.717, 1.165) is 5.56 Å². The van der Waals surface area contributed by atoms with Crippen molar-refractivity contribution in [2.45, 2.75) is 32.8 Å². The Morgan fingerprint density at radius 1 is 1.45 bits per heavy atom. The van der Waals surface area contributed by atoms with Crippen LogP contribution in [-0.4, -0.2) is 40.3 Å². The van der Waals surface area contributed by atoms with Crippen molar-refractivity contribution in [1.82, 2.24) is 4.98 Å². The lowest BCUT2D eigenvalue weighted by molar-refractivity contribution is -0.384. The highest BCUT2D eigenvalue weighted by atomic mass is 16.6. The summed E-state index contributed by atoms with van der Waals surface area (Å²) in [6.45, 7) is 7.46. The molecule has 7 nitrogen and oxygen atoms in total. The van der Waals surface area contributed by atoms with Gasteiger partial charge in [-0.25, -0.2) is 4.98 Å². The van der Waals surface area contributed by atoms with Gasteiger partial charge in [-0.3, -0.25) is 10.1 Å². The monoisotopic (exact) mass is 307 g/mol. The molecule has 1 saturated heterocycles. The highest BCUT2D eigenvalue weighted by molar-refractivity contribution is 5.70. The van der Waals surface area contributed by atoms with Gasteiger partial charge in [0.2, 0.25) is 5.88 Å². The largest absolute Gasteiger partial charge is 0.477 e. The molecule has 1 unspecified atom stereocenters. The van der Waals surface area contributed by atoms with Gasteiger partial charge in [0.05, 0.1) is 17.1 Å². The molecule has 22 heavy (non-hydrogen) atoms. The van der Waals surface area contributed by atoms with E-state index >= 15 is 0 Å². The minimum Gasteiger partial charge on any atom is -0.477 e. The van der Waals surface area contributed by atoms with Gasteiger partial charge in [-0.1, -0.05) is 13.8 Å². The fraction of sp³-hybridized carbons (Fsp3) is 0.667. The highest BCUT2D eigenvalue weighted by Gasteiger charge is 2.43. The van der Waals surface area contributed by atoms with Crippen LogP contribution in [0.25, 0.3) is 0 Å². The summed E-state index contributed by atoms with van der Waals surface area (Å²) in [6.07, 6.45) is 1.91. The van der Waals surface area contributed by atoms with Crippen molar-refractivity contribution < 1.29 is 14.8 Å². The number of nitrogens with zero attached hydrogens (tertiary/aromatic N) is 3. The van der Waals surface area contributed by atoms with E-state index in [9.17, 15) is 15.2 Å². The molecular formula is C15H21N3O4. The van der Waals surface area contributed by atoms with Crippen LogP contribution in [0.2, 0.25) is 0 Å². The van der Waals surface area contributed by atoms with Crippen LogP contribution < -0.4 is 9.64 Å². The summed E-state index contributed by atoms with van der Waals surface area (Å²) in [6, 6.07) is 0. The smallest absolute Gasteiger partial charge is 0.311 e. The fourth-order valence-electron chi connectivity index (χ4n) is 3.37. The predicted molar refractivity (Wildman–Crippen MR) is 81.3 cm³/mol. The van der Waals surface area contributed by atoms with Crippen LogP contribution in [0.15, 0.2) is 6.20 Å². The average molecular weight is 307 g/mol. The molecule has 2 aliphatic rings. The van der Waals surface area contributed by atoms with Crippen molar-refractivity contribution in [2.75, 3.05) is 24.6 Å². The summed E-state index contributed by atoms with van der Waals surface area (Å²) in [5.41, 5.74) is 0.680. The molecule has 1 N–H and O–H groups in total. The van der Waals surface area contributed by atoms with Crippen LogP contribution in [0.4, 0.5) is 11.4 Å². The van der Waals surface area contributed by atoms with Crippen molar-refractivity contribution in [1.29, 1.82) is 0 Å². The van der Waals surface area contributed by atoms with E-state index in [2.05, 4.69) is 4.98 Å². The standard InChI is InChI=1S/C15H21N3O4/c1-9-7-17(8-10(2)15(9,3)19)13-11-4-5-22-14(11)16-6-12(13)18(20)21/h6,9-10,19H,4-5,7-8H2,1-3H3/t9-,10+,15?. The van der Waals surface area contributed by atoms with E-state index < -0.39 is 5.60 Å². The van der Waals surface area contributed by atoms with Gasteiger partial charge in [0.25, 0.3) is 0 Å². The molecule has 0 aliphatic carbocycles. The summed E-state index contributed by atoms with van der Waals surface area (Å²) in [4.78, 5) is 17.1. The maximum atomic E-state index is 11.4. The van der Waals surface area contributed by atoms with Gasteiger partial charge in [0, 0.05) is 36.9 Å². The Balaban J connectivity index is 2.05. The van der Waals surface area contributed by atoms with Gasteiger partial charge in [0.1, 0.15) is 11.9 Å². The Bertz CT molecular complexity index is 603. The lowest BCUT2D eigenvalue weighted by Crippen LogP contribution is -2.55. The van der Waals surface area contributed by atoms with E-state index in [1.165, 1.54) is 6.20 Å². The maximum absolute atomic E-state index is 11.4. The number of pyridine rings is 1. The van der Waals surface area contributed by atoms with Crippen LogP contribution in [0.5, 0.6) is 5.88 Å². The van der Waals surface area contributed by atoms with Crippen molar-refractivity contribution in [3.05, 3.63) is 21.9 Å². The number of ether oxygens (including phenoxy) is 1. The number of fused-ring (bicyclic) bond motifs is 1. The molecule has 0 radical (unpaired) electrons. The van der Waals surface area contributed by atoms with Crippen LogP contribution >= 0.6 is 0 Å². The van der Waals surface area contributed by atoms with Gasteiger partial charge < -0.3 is 14.7 Å². The first-order valence-electron chi connectivity index (χ1n) is 7.58. The van der Waals surface area contributed by atoms with Crippen LogP contribution in [0.1, 0.15) is 26.3 Å². The topological polar surface area (TPSA) is 88.7 Å². The molecule has 2 aliphatic heterocycles. The third-order valence-corrected chi connectivity index (χ3v) is 5.18. The first-order chi connectivity index (χ1) is 10.3. The second kappa shape index (κ2) is 5.08. The molecule has 1 fully saturated rings. The number of aromatic nitrogens is 1. The Labute approximate surface area is 129 Å². The molecule has 0 saturated carbocycles. The molecule has 1 aromatic rings. The van der Waals surface area contributed by atoms with Crippen molar-refractivity contribution >= 4 is 11.4 Å². The summed E-state index contributed by atoms with van der Waals surface area (Å²) >= 11 is 0. The first-order valence-corrected chi connectivity index (χ1v) is 7.58. The molecular weight excluding hydrogens is 286 g/mol. The molecule has 3 heterocycles. The molecule has 7 heteroatoms. The average Bonchev–Trinajstić information content (AvgIpc) is 2.91. The van der Waals surface area contributed by atoms with Crippen LogP contribution in [0, 0.1) is 22.0 Å². The second-order valence-electron chi connectivity index (χ2n) is 6.56. The fourth-order valence-corrected chi connectivity index (χ4v) is 3.37. The second-order valence-corrected chi connectivity index (χ2v) is 6.56. The number of nitro groups is 1. The van der Waals surface area contributed by atoms with Crippen LogP contribution in [-0.2, 0) is 6.42 Å². The number of aliphatic hydroxyl groups is 1. The third-order valence-electron chi connectivity index (χ3n) is 5.18. The molecule has 0 amide bonds. The predicted octanol–water partition coefficient (Wildman–Crippen LogP) is 1.77. The minimum atomic E-state index is -0.766. The van der Waals surface area contributed by atoms with Gasteiger partial charge in [-0.15, -0.1) is 0 Å². The molecule has 0 bridgehead atoms. The number of anilines is 1. The molecule has 3 atom stereocenters. The SMILES string of the molecule is C[C@@H]1CN(c2c([N+](=O)[O-])cnc3c2CCO3)C[C@H](C)C1(C)O. The maximum Gasteiger partial charge on any atom is 0.311 e. The van der Waals surface area contributed by atoms with E-state index in [1.807, 2.05) is 25.7 Å².